The fourth-order valence-electron chi connectivity index (χ4n) is 1.85. The lowest BCUT2D eigenvalue weighted by atomic mass is 10.1. The Morgan fingerprint density at radius 1 is 1.22 bits per heavy atom. The summed E-state index contributed by atoms with van der Waals surface area (Å²) in [5.74, 6) is 0.442. The summed E-state index contributed by atoms with van der Waals surface area (Å²) < 4.78 is 38.8. The highest BCUT2D eigenvalue weighted by Crippen LogP contribution is 2.37. The first kappa shape index (κ1) is 15.2. The van der Waals surface area contributed by atoms with Gasteiger partial charge in [0.2, 0.25) is 0 Å². The van der Waals surface area contributed by atoms with Crippen LogP contribution in [-0.4, -0.2) is 18.5 Å². The number of rotatable bonds is 5. The second kappa shape index (κ2) is 6.32. The van der Waals surface area contributed by atoms with E-state index in [2.05, 4.69) is 0 Å². The standard InChI is InChI=1S/C13H17ClF3N/c1-10(2)18(9-5-8-14)12-7-4-3-6-11(12)13(15,16)17/h3-4,6-7,10H,5,8-9H2,1-2H3. The molecule has 102 valence electrons. The van der Waals surface area contributed by atoms with Crippen molar-refractivity contribution in [2.45, 2.75) is 32.5 Å². The molecule has 0 aliphatic rings. The van der Waals surface area contributed by atoms with E-state index in [-0.39, 0.29) is 11.7 Å². The van der Waals surface area contributed by atoms with Gasteiger partial charge >= 0.3 is 6.18 Å². The zero-order valence-corrected chi connectivity index (χ0v) is 11.2. The second-order valence-electron chi connectivity index (χ2n) is 4.34. The number of hydrogen-bond donors (Lipinski definition) is 0. The van der Waals surface area contributed by atoms with Crippen LogP contribution < -0.4 is 4.90 Å². The SMILES string of the molecule is CC(C)N(CCCCl)c1ccccc1C(F)(F)F. The quantitative estimate of drug-likeness (QED) is 0.715. The Kier molecular flexibility index (Phi) is 5.32. The third-order valence-electron chi connectivity index (χ3n) is 2.67. The van der Waals surface area contributed by atoms with Gasteiger partial charge < -0.3 is 4.90 Å². The van der Waals surface area contributed by atoms with Gasteiger partial charge in [-0.05, 0) is 32.4 Å². The van der Waals surface area contributed by atoms with Crippen LogP contribution in [0.4, 0.5) is 18.9 Å². The molecule has 0 radical (unpaired) electrons. The molecule has 18 heavy (non-hydrogen) atoms. The summed E-state index contributed by atoms with van der Waals surface area (Å²) in [7, 11) is 0. The van der Waals surface area contributed by atoms with Crippen molar-refractivity contribution in [3.63, 3.8) is 0 Å². The topological polar surface area (TPSA) is 3.24 Å². The molecule has 0 fully saturated rings. The van der Waals surface area contributed by atoms with Gasteiger partial charge in [-0.3, -0.25) is 0 Å². The number of halogens is 4. The molecule has 0 aliphatic heterocycles. The Morgan fingerprint density at radius 3 is 2.33 bits per heavy atom. The fourth-order valence-corrected chi connectivity index (χ4v) is 1.97. The van der Waals surface area contributed by atoms with Crippen molar-refractivity contribution < 1.29 is 13.2 Å². The van der Waals surface area contributed by atoms with Gasteiger partial charge in [0.05, 0.1) is 5.56 Å². The predicted molar refractivity (Wildman–Crippen MR) is 69.3 cm³/mol. The molecule has 1 rings (SSSR count). The highest BCUT2D eigenvalue weighted by Gasteiger charge is 2.34. The highest BCUT2D eigenvalue weighted by atomic mass is 35.5. The maximum absolute atomic E-state index is 12.9. The largest absolute Gasteiger partial charge is 0.418 e. The number of hydrogen-bond acceptors (Lipinski definition) is 1. The van der Waals surface area contributed by atoms with Crippen molar-refractivity contribution in [1.29, 1.82) is 0 Å². The van der Waals surface area contributed by atoms with Crippen LogP contribution in [0.1, 0.15) is 25.8 Å². The second-order valence-corrected chi connectivity index (χ2v) is 4.72. The van der Waals surface area contributed by atoms with Gasteiger partial charge in [0.25, 0.3) is 0 Å². The van der Waals surface area contributed by atoms with Gasteiger partial charge in [0.1, 0.15) is 0 Å². The van der Waals surface area contributed by atoms with Crippen molar-refractivity contribution >= 4 is 17.3 Å². The molecule has 0 heterocycles. The molecule has 5 heteroatoms. The Labute approximate surface area is 111 Å². The lowest BCUT2D eigenvalue weighted by Crippen LogP contribution is -2.33. The maximum atomic E-state index is 12.9. The van der Waals surface area contributed by atoms with E-state index in [4.69, 9.17) is 11.6 Å². The first-order chi connectivity index (χ1) is 8.38. The van der Waals surface area contributed by atoms with E-state index in [1.54, 1.807) is 11.0 Å². The molecule has 0 amide bonds. The Bertz CT molecular complexity index is 377. The average molecular weight is 280 g/mol. The van der Waals surface area contributed by atoms with E-state index in [0.717, 1.165) is 6.07 Å². The molecule has 0 atom stereocenters. The lowest BCUT2D eigenvalue weighted by Gasteiger charge is -2.31. The Balaban J connectivity index is 3.11. The van der Waals surface area contributed by atoms with Crippen molar-refractivity contribution in [3.05, 3.63) is 29.8 Å². The molecular weight excluding hydrogens is 263 g/mol. The molecule has 0 spiro atoms. The van der Waals surface area contributed by atoms with Crippen LogP contribution in [0.2, 0.25) is 0 Å². The van der Waals surface area contributed by atoms with Gasteiger partial charge in [-0.2, -0.15) is 13.2 Å². The van der Waals surface area contributed by atoms with E-state index in [0.29, 0.717) is 18.8 Å². The normalized spacial score (nSPS) is 11.9. The molecule has 1 aromatic carbocycles. The van der Waals surface area contributed by atoms with Crippen LogP contribution in [-0.2, 0) is 6.18 Å². The highest BCUT2D eigenvalue weighted by molar-refractivity contribution is 6.17. The molecular formula is C13H17ClF3N. The van der Waals surface area contributed by atoms with Crippen LogP contribution in [0.5, 0.6) is 0 Å². The monoisotopic (exact) mass is 279 g/mol. The van der Waals surface area contributed by atoms with Gasteiger partial charge in [0.15, 0.2) is 0 Å². The summed E-state index contributed by atoms with van der Waals surface area (Å²) in [6.07, 6.45) is -3.67. The van der Waals surface area contributed by atoms with E-state index < -0.39 is 11.7 Å². The summed E-state index contributed by atoms with van der Waals surface area (Å²) in [6, 6.07) is 5.66. The number of para-hydroxylation sites is 1. The van der Waals surface area contributed by atoms with Crippen molar-refractivity contribution in [1.82, 2.24) is 0 Å². The smallest absolute Gasteiger partial charge is 0.369 e. The minimum Gasteiger partial charge on any atom is -0.369 e. The fraction of sp³-hybridized carbons (Fsp3) is 0.538. The molecule has 1 nitrogen and oxygen atoms in total. The van der Waals surface area contributed by atoms with Gasteiger partial charge in [-0.15, -0.1) is 11.6 Å². The number of nitrogens with zero attached hydrogens (tertiary/aromatic N) is 1. The summed E-state index contributed by atoms with van der Waals surface area (Å²) in [6.45, 7) is 4.27. The minimum atomic E-state index is -4.33. The number of anilines is 1. The van der Waals surface area contributed by atoms with Crippen LogP contribution in [0, 0.1) is 0 Å². The molecule has 0 N–H and O–H groups in total. The molecule has 0 aromatic heterocycles. The van der Waals surface area contributed by atoms with Gasteiger partial charge in [-0.25, -0.2) is 0 Å². The zero-order valence-electron chi connectivity index (χ0n) is 10.5. The summed E-state index contributed by atoms with van der Waals surface area (Å²) in [5.41, 5.74) is -0.363. The Morgan fingerprint density at radius 2 is 1.83 bits per heavy atom. The zero-order chi connectivity index (χ0) is 13.8. The van der Waals surface area contributed by atoms with Crippen molar-refractivity contribution in [3.8, 4) is 0 Å². The molecule has 0 saturated carbocycles. The van der Waals surface area contributed by atoms with Crippen LogP contribution >= 0.6 is 11.6 Å². The third-order valence-corrected chi connectivity index (χ3v) is 2.94. The van der Waals surface area contributed by atoms with Crippen molar-refractivity contribution in [2.75, 3.05) is 17.3 Å². The number of alkyl halides is 4. The van der Waals surface area contributed by atoms with Gasteiger partial charge in [-0.1, -0.05) is 12.1 Å². The average Bonchev–Trinajstić information content (AvgIpc) is 2.28. The minimum absolute atomic E-state index is 0.00304. The third kappa shape index (κ3) is 3.80. The Hall–Kier alpha value is -0.900. The molecule has 1 aromatic rings. The van der Waals surface area contributed by atoms with E-state index >= 15 is 0 Å². The van der Waals surface area contributed by atoms with Crippen LogP contribution in [0.15, 0.2) is 24.3 Å². The lowest BCUT2D eigenvalue weighted by molar-refractivity contribution is -0.137. The molecule has 0 saturated heterocycles. The van der Waals surface area contributed by atoms with Crippen LogP contribution in [0.3, 0.4) is 0 Å². The first-order valence-corrected chi connectivity index (χ1v) is 6.40. The van der Waals surface area contributed by atoms with E-state index in [1.165, 1.54) is 12.1 Å². The predicted octanol–water partition coefficient (Wildman–Crippen LogP) is 4.55. The number of benzene rings is 1. The maximum Gasteiger partial charge on any atom is 0.418 e. The van der Waals surface area contributed by atoms with E-state index in [9.17, 15) is 13.2 Å². The first-order valence-electron chi connectivity index (χ1n) is 5.86. The van der Waals surface area contributed by atoms with Gasteiger partial charge in [0, 0.05) is 24.2 Å². The van der Waals surface area contributed by atoms with Crippen molar-refractivity contribution in [2.24, 2.45) is 0 Å². The summed E-state index contributed by atoms with van der Waals surface area (Å²) >= 11 is 5.62. The molecule has 0 unspecified atom stereocenters. The summed E-state index contributed by atoms with van der Waals surface area (Å²) in [5, 5.41) is 0. The van der Waals surface area contributed by atoms with Crippen LogP contribution in [0.25, 0.3) is 0 Å². The summed E-state index contributed by atoms with van der Waals surface area (Å²) in [4.78, 5) is 1.74. The molecule has 0 aliphatic carbocycles. The van der Waals surface area contributed by atoms with E-state index in [1.807, 2.05) is 13.8 Å². The molecule has 0 bridgehead atoms.